The third-order valence-corrected chi connectivity index (χ3v) is 6.50. The van der Waals surface area contributed by atoms with Gasteiger partial charge in [-0.2, -0.15) is 0 Å². The Bertz CT molecular complexity index is 14.4. The number of halogens is 1. The molecule has 0 aromatic carbocycles. The van der Waals surface area contributed by atoms with Crippen LogP contribution in [-0.4, -0.2) is 3.02 Å². The van der Waals surface area contributed by atoms with Crippen molar-refractivity contribution in [3.63, 3.8) is 0 Å². The van der Waals surface area contributed by atoms with Gasteiger partial charge >= 0.3 is 54.7 Å². The third kappa shape index (κ3) is 5.35. The van der Waals surface area contributed by atoms with Gasteiger partial charge in [0.2, 0.25) is 0 Å². The molecule has 0 aromatic rings. The van der Waals surface area contributed by atoms with Crippen LogP contribution >= 0.6 is 22.6 Å². The maximum absolute atomic E-state index is 2.47. The van der Waals surface area contributed by atoms with Crippen molar-refractivity contribution in [2.45, 2.75) is 11.9 Å². The Hall–Kier alpha value is 1.35. The second kappa shape index (κ2) is 5.35. The van der Waals surface area contributed by atoms with Gasteiger partial charge in [0, 0.05) is 0 Å². The zero-order valence-electron chi connectivity index (χ0n) is 3.50. The topological polar surface area (TPSA) is 0 Å². The van der Waals surface area contributed by atoms with Gasteiger partial charge in [-0.3, -0.25) is 0 Å². The van der Waals surface area contributed by atoms with Crippen LogP contribution in [0, 0.1) is 0 Å². The van der Waals surface area contributed by atoms with Crippen LogP contribution in [-0.2, 0) is 17.1 Å². The van der Waals surface area contributed by atoms with Gasteiger partial charge in [0.1, 0.15) is 0 Å². The van der Waals surface area contributed by atoms with Gasteiger partial charge < -0.3 is 0 Å². The van der Waals surface area contributed by atoms with Gasteiger partial charge in [-0.25, -0.2) is 0 Å². The first kappa shape index (κ1) is 6.35. The summed E-state index contributed by atoms with van der Waals surface area (Å²) in [7, 11) is 0. The maximum atomic E-state index is 2.47. The van der Waals surface area contributed by atoms with Crippen LogP contribution in [0.2, 0.25) is 5.02 Å². The molecule has 0 unspecified atom stereocenters. The van der Waals surface area contributed by atoms with E-state index in [1.54, 1.807) is 0 Å². The fourth-order valence-electron chi connectivity index (χ4n) is 0.134. The van der Waals surface area contributed by atoms with Crippen LogP contribution in [0.1, 0.15) is 6.92 Å². The zero-order valence-corrected chi connectivity index (χ0v) is 8.62. The molecule has 0 N–H and O–H groups in total. The molecule has 0 nitrogen and oxygen atoms in total. The molecule has 0 saturated carbocycles. The van der Waals surface area contributed by atoms with Crippen molar-refractivity contribution in [2.75, 3.05) is 3.02 Å². The van der Waals surface area contributed by atoms with Crippen LogP contribution in [0.4, 0.5) is 0 Å². The first-order valence-electron chi connectivity index (χ1n) is 1.97. The first-order valence-corrected chi connectivity index (χ1v) is 7.70. The normalized spacial score (nSPS) is 6.80. The Balaban J connectivity index is 2.19. The van der Waals surface area contributed by atoms with Crippen LogP contribution in [0.5, 0.6) is 0 Å². The van der Waals surface area contributed by atoms with Crippen molar-refractivity contribution < 1.29 is 17.1 Å². The summed E-state index contributed by atoms with van der Waals surface area (Å²) in [5.41, 5.74) is 0. The van der Waals surface area contributed by atoms with E-state index >= 15 is 0 Å². The van der Waals surface area contributed by atoms with Gasteiger partial charge in [-0.15, -0.1) is 0 Å². The molecule has 0 aliphatic heterocycles. The van der Waals surface area contributed by atoms with Crippen molar-refractivity contribution in [1.29, 1.82) is 0 Å². The van der Waals surface area contributed by atoms with Crippen molar-refractivity contribution in [2.24, 2.45) is 0 Å². The summed E-state index contributed by atoms with van der Waals surface area (Å²) < 4.78 is 1.50. The fraction of sp³-hybridized carbons (Fsp3) is 1.00. The number of alkyl halides is 1. The molecule has 0 heterocycles. The molecule has 2 heteroatoms. The van der Waals surface area contributed by atoms with E-state index in [9.17, 15) is 0 Å². The predicted molar refractivity (Wildman–Crippen MR) is 29.4 cm³/mol. The van der Waals surface area contributed by atoms with Gasteiger partial charge in [0.25, 0.3) is 0 Å². The Labute approximate surface area is 54.5 Å². The van der Waals surface area contributed by atoms with Crippen molar-refractivity contribution in [1.82, 2.24) is 0 Å². The van der Waals surface area contributed by atoms with E-state index < -0.39 is 0 Å². The minimum atomic E-state index is 0.0839. The molecule has 0 bridgehead atoms. The zero-order chi connectivity index (χ0) is 4.12. The van der Waals surface area contributed by atoms with Gasteiger partial charge in [-0.1, -0.05) is 0 Å². The van der Waals surface area contributed by atoms with Crippen molar-refractivity contribution >= 4 is 22.6 Å². The SMILES string of the molecule is C[CH2][Zn][CH2]I. The number of hydrogen-bond acceptors (Lipinski definition) is 0. The van der Waals surface area contributed by atoms with E-state index in [0.717, 1.165) is 0 Å². The molecule has 28 valence electrons. The second-order valence-corrected chi connectivity index (χ2v) is 11.0. The van der Waals surface area contributed by atoms with E-state index in [1.807, 2.05) is 0 Å². The molecular weight excluding hydrogens is 228 g/mol. The molecule has 0 aromatic heterocycles. The van der Waals surface area contributed by atoms with E-state index in [4.69, 9.17) is 0 Å². The van der Waals surface area contributed by atoms with Crippen LogP contribution < -0.4 is 0 Å². The summed E-state index contributed by atoms with van der Waals surface area (Å²) in [5, 5.41) is 1.52. The summed E-state index contributed by atoms with van der Waals surface area (Å²) >= 11 is 2.55. The minimum absolute atomic E-state index is 0.0839. The summed E-state index contributed by atoms with van der Waals surface area (Å²) in [6.07, 6.45) is 0. The molecule has 0 spiro atoms. The Morgan fingerprint density at radius 3 is 2.40 bits per heavy atom. The number of hydrogen-bond donors (Lipinski definition) is 0. The summed E-state index contributed by atoms with van der Waals surface area (Å²) in [4.78, 5) is 0. The first-order chi connectivity index (χ1) is 2.41. The summed E-state index contributed by atoms with van der Waals surface area (Å²) in [6, 6.07) is 0. The van der Waals surface area contributed by atoms with Crippen LogP contribution in [0.25, 0.3) is 0 Å². The van der Waals surface area contributed by atoms with E-state index in [1.165, 1.54) is 8.04 Å². The number of rotatable bonds is 2. The van der Waals surface area contributed by atoms with Crippen molar-refractivity contribution in [3.8, 4) is 0 Å². The van der Waals surface area contributed by atoms with Gasteiger partial charge in [0.15, 0.2) is 0 Å². The molecular formula is C3H7IZn. The standard InChI is InChI=1S/C2H5.CH2I.Zn/c2*1-2;/h1H2,2H3;1H2;. The summed E-state index contributed by atoms with van der Waals surface area (Å²) in [6.45, 7) is 2.29. The monoisotopic (exact) mass is 234 g/mol. The Morgan fingerprint density at radius 1 is 1.80 bits per heavy atom. The molecule has 0 atom stereocenters. The molecule has 0 fully saturated rings. The molecule has 0 rings (SSSR count). The van der Waals surface area contributed by atoms with E-state index in [-0.39, 0.29) is 17.1 Å². The van der Waals surface area contributed by atoms with Crippen LogP contribution in [0.3, 0.4) is 0 Å². The molecule has 0 radical (unpaired) electrons. The predicted octanol–water partition coefficient (Wildman–Crippen LogP) is 1.90. The van der Waals surface area contributed by atoms with Gasteiger partial charge in [-0.05, 0) is 0 Å². The average Bonchev–Trinajstić information content (AvgIpc) is 1.41. The Morgan fingerprint density at radius 2 is 2.40 bits per heavy atom. The Kier molecular flexibility index (Phi) is 6.80. The molecule has 0 saturated heterocycles. The van der Waals surface area contributed by atoms with Gasteiger partial charge in [0.05, 0.1) is 0 Å². The van der Waals surface area contributed by atoms with E-state index in [0.29, 0.717) is 0 Å². The van der Waals surface area contributed by atoms with Crippen LogP contribution in [0.15, 0.2) is 0 Å². The molecule has 5 heavy (non-hydrogen) atoms. The average molecular weight is 235 g/mol. The fourth-order valence-corrected chi connectivity index (χ4v) is 4.66. The van der Waals surface area contributed by atoms with Crippen molar-refractivity contribution in [3.05, 3.63) is 0 Å². The van der Waals surface area contributed by atoms with E-state index in [2.05, 4.69) is 29.5 Å². The third-order valence-electron chi connectivity index (χ3n) is 0.487. The summed E-state index contributed by atoms with van der Waals surface area (Å²) in [5.74, 6) is 0. The molecule has 0 aliphatic rings. The molecule has 0 aliphatic carbocycles. The molecule has 0 amide bonds. The quantitative estimate of drug-likeness (QED) is 0.389. The second-order valence-electron chi connectivity index (χ2n) is 1.04.